The number of halogens is 1. The SMILES string of the molecule is CC(=N)N(C=N)c1sc(C)c(C)c1C(=NC1CC1CO)c1ccc(Cl)cc1. The van der Waals surface area contributed by atoms with Crippen molar-refractivity contribution in [3.8, 4) is 0 Å². The average molecular weight is 403 g/mol. The first-order valence-electron chi connectivity index (χ1n) is 8.77. The van der Waals surface area contributed by atoms with Crippen LogP contribution in [0.3, 0.4) is 0 Å². The van der Waals surface area contributed by atoms with Gasteiger partial charge in [0.05, 0.1) is 18.1 Å². The van der Waals surface area contributed by atoms with Gasteiger partial charge in [-0.15, -0.1) is 11.3 Å². The molecule has 0 saturated heterocycles. The maximum Gasteiger partial charge on any atom is 0.112 e. The molecule has 0 spiro atoms. The lowest BCUT2D eigenvalue weighted by molar-refractivity contribution is 0.274. The van der Waals surface area contributed by atoms with Gasteiger partial charge in [0, 0.05) is 33.6 Å². The number of nitrogens with one attached hydrogen (secondary N) is 2. The molecule has 7 heteroatoms. The lowest BCUT2D eigenvalue weighted by Crippen LogP contribution is -2.26. The number of aliphatic imine (C=N–C) groups is 1. The van der Waals surface area contributed by atoms with E-state index in [0.29, 0.717) is 5.02 Å². The molecule has 1 aliphatic rings. The molecule has 1 saturated carbocycles. The van der Waals surface area contributed by atoms with Crippen molar-refractivity contribution in [2.45, 2.75) is 33.2 Å². The summed E-state index contributed by atoms with van der Waals surface area (Å²) in [6, 6.07) is 7.67. The number of thiophene rings is 1. The Bertz CT molecular complexity index is 903. The normalized spacial score (nSPS) is 19.1. The number of aliphatic hydroxyl groups excluding tert-OH is 1. The zero-order valence-electron chi connectivity index (χ0n) is 15.6. The van der Waals surface area contributed by atoms with Crippen molar-refractivity contribution in [2.75, 3.05) is 11.5 Å². The lowest BCUT2D eigenvalue weighted by Gasteiger charge is -2.19. The van der Waals surface area contributed by atoms with Crippen molar-refractivity contribution >= 4 is 45.8 Å². The van der Waals surface area contributed by atoms with Crippen LogP contribution in [0.5, 0.6) is 0 Å². The number of aryl methyl sites for hydroxylation is 1. The zero-order valence-corrected chi connectivity index (χ0v) is 17.2. The Hall–Kier alpha value is -2.02. The third-order valence-electron chi connectivity index (χ3n) is 4.85. The van der Waals surface area contributed by atoms with Gasteiger partial charge in [0.2, 0.25) is 0 Å². The summed E-state index contributed by atoms with van der Waals surface area (Å²) in [4.78, 5) is 7.67. The molecule has 3 rings (SSSR count). The standard InChI is InChI=1S/C20H23ClN4OS/c1-11-12(2)27-20(25(10-22)13(3)23)18(11)19(24-17-8-15(17)9-26)14-4-6-16(21)7-5-14/h4-7,10,15,17,22-23,26H,8-9H2,1-3H3. The van der Waals surface area contributed by atoms with E-state index >= 15 is 0 Å². The van der Waals surface area contributed by atoms with Gasteiger partial charge >= 0.3 is 0 Å². The molecule has 142 valence electrons. The quantitative estimate of drug-likeness (QED) is 0.485. The van der Waals surface area contributed by atoms with Crippen LogP contribution in [0.1, 0.15) is 34.9 Å². The highest BCUT2D eigenvalue weighted by atomic mass is 35.5. The van der Waals surface area contributed by atoms with Crippen molar-refractivity contribution in [2.24, 2.45) is 10.9 Å². The molecule has 2 unspecified atom stereocenters. The molecule has 1 aromatic carbocycles. The molecule has 0 amide bonds. The lowest BCUT2D eigenvalue weighted by atomic mass is 9.99. The van der Waals surface area contributed by atoms with E-state index in [9.17, 15) is 5.11 Å². The molecule has 1 heterocycles. The number of hydrogen-bond acceptors (Lipinski definition) is 5. The Morgan fingerprint density at radius 2 is 2.04 bits per heavy atom. The summed E-state index contributed by atoms with van der Waals surface area (Å²) in [6.45, 7) is 5.90. The van der Waals surface area contributed by atoms with Gasteiger partial charge in [0.15, 0.2) is 0 Å². The largest absolute Gasteiger partial charge is 0.396 e. The van der Waals surface area contributed by atoms with Crippen LogP contribution in [0.2, 0.25) is 5.02 Å². The van der Waals surface area contributed by atoms with E-state index in [1.54, 1.807) is 23.2 Å². The van der Waals surface area contributed by atoms with Crippen molar-refractivity contribution in [1.82, 2.24) is 0 Å². The molecule has 27 heavy (non-hydrogen) atoms. The van der Waals surface area contributed by atoms with Gasteiger partial charge in [-0.05, 0) is 44.9 Å². The van der Waals surface area contributed by atoms with Crippen molar-refractivity contribution in [3.63, 3.8) is 0 Å². The molecule has 1 fully saturated rings. The van der Waals surface area contributed by atoms with Gasteiger partial charge in [-0.25, -0.2) is 0 Å². The van der Waals surface area contributed by atoms with E-state index < -0.39 is 0 Å². The third kappa shape index (κ3) is 3.98. The molecule has 0 radical (unpaired) electrons. The highest BCUT2D eigenvalue weighted by Crippen LogP contribution is 2.40. The summed E-state index contributed by atoms with van der Waals surface area (Å²) in [7, 11) is 0. The van der Waals surface area contributed by atoms with Gasteiger partial charge in [-0.3, -0.25) is 20.7 Å². The minimum atomic E-state index is 0.0997. The average Bonchev–Trinajstić information content (AvgIpc) is 3.33. The van der Waals surface area contributed by atoms with Crippen LogP contribution in [-0.4, -0.2) is 35.6 Å². The van der Waals surface area contributed by atoms with Crippen molar-refractivity contribution < 1.29 is 5.11 Å². The first-order valence-corrected chi connectivity index (χ1v) is 9.96. The molecule has 2 atom stereocenters. The Labute approximate surface area is 168 Å². The maximum atomic E-state index is 9.43. The monoisotopic (exact) mass is 402 g/mol. The molecule has 5 nitrogen and oxygen atoms in total. The fourth-order valence-electron chi connectivity index (χ4n) is 3.01. The highest BCUT2D eigenvalue weighted by Gasteiger charge is 2.37. The molecular weight excluding hydrogens is 380 g/mol. The second-order valence-corrected chi connectivity index (χ2v) is 8.42. The molecule has 1 aromatic heterocycles. The first kappa shape index (κ1) is 19.7. The van der Waals surface area contributed by atoms with Crippen LogP contribution in [0.4, 0.5) is 5.00 Å². The molecule has 1 aliphatic carbocycles. The number of rotatable bonds is 6. The van der Waals surface area contributed by atoms with Crippen LogP contribution >= 0.6 is 22.9 Å². The third-order valence-corrected chi connectivity index (χ3v) is 6.30. The van der Waals surface area contributed by atoms with E-state index in [4.69, 9.17) is 27.4 Å². The van der Waals surface area contributed by atoms with E-state index in [0.717, 1.165) is 38.7 Å². The summed E-state index contributed by atoms with van der Waals surface area (Å²) < 4.78 is 0. The summed E-state index contributed by atoms with van der Waals surface area (Å²) in [5.41, 5.74) is 3.81. The fourth-order valence-corrected chi connectivity index (χ4v) is 4.32. The number of hydrogen-bond donors (Lipinski definition) is 3. The predicted molar refractivity (Wildman–Crippen MR) is 115 cm³/mol. The van der Waals surface area contributed by atoms with Gasteiger partial charge in [0.1, 0.15) is 10.8 Å². The minimum Gasteiger partial charge on any atom is -0.396 e. The molecular formula is C20H23ClN4OS. The Kier molecular flexibility index (Phi) is 5.79. The zero-order chi connectivity index (χ0) is 19.7. The smallest absolute Gasteiger partial charge is 0.112 e. The van der Waals surface area contributed by atoms with E-state index in [1.807, 2.05) is 38.1 Å². The highest BCUT2D eigenvalue weighted by molar-refractivity contribution is 7.17. The number of amidine groups is 1. The summed E-state index contributed by atoms with van der Waals surface area (Å²) in [5, 5.41) is 26.7. The minimum absolute atomic E-state index is 0.0997. The first-order chi connectivity index (χ1) is 12.9. The summed E-state index contributed by atoms with van der Waals surface area (Å²) >= 11 is 7.63. The van der Waals surface area contributed by atoms with Gasteiger partial charge in [-0.1, -0.05) is 23.7 Å². The Balaban J connectivity index is 2.19. The fraction of sp³-hybridized carbons (Fsp3) is 0.350. The predicted octanol–water partition coefficient (Wildman–Crippen LogP) is 4.65. The maximum absolute atomic E-state index is 9.43. The van der Waals surface area contributed by atoms with Crippen molar-refractivity contribution in [1.29, 1.82) is 10.8 Å². The number of benzene rings is 1. The topological polar surface area (TPSA) is 83.5 Å². The van der Waals surface area contributed by atoms with Crippen LogP contribution in [0, 0.1) is 30.6 Å². The van der Waals surface area contributed by atoms with E-state index in [-0.39, 0.29) is 24.4 Å². The van der Waals surface area contributed by atoms with Crippen LogP contribution in [0.15, 0.2) is 29.3 Å². The molecule has 2 aromatic rings. The molecule has 3 N–H and O–H groups in total. The van der Waals surface area contributed by atoms with Crippen LogP contribution in [-0.2, 0) is 0 Å². The molecule has 0 aliphatic heterocycles. The second kappa shape index (κ2) is 7.92. The van der Waals surface area contributed by atoms with Gasteiger partial charge < -0.3 is 5.11 Å². The van der Waals surface area contributed by atoms with Crippen molar-refractivity contribution in [3.05, 3.63) is 50.9 Å². The van der Waals surface area contributed by atoms with Crippen LogP contribution in [0.25, 0.3) is 0 Å². The van der Waals surface area contributed by atoms with Gasteiger partial charge in [-0.2, -0.15) is 0 Å². The number of aliphatic hydroxyl groups is 1. The van der Waals surface area contributed by atoms with E-state index in [1.165, 1.54) is 6.34 Å². The summed E-state index contributed by atoms with van der Waals surface area (Å²) in [6.07, 6.45) is 2.05. The Morgan fingerprint density at radius 3 is 2.56 bits per heavy atom. The number of anilines is 1. The molecule has 0 bridgehead atoms. The summed E-state index contributed by atoms with van der Waals surface area (Å²) in [5.74, 6) is 0.488. The number of nitrogens with zero attached hydrogens (tertiary/aromatic N) is 2. The Morgan fingerprint density at radius 1 is 1.37 bits per heavy atom. The van der Waals surface area contributed by atoms with Gasteiger partial charge in [0.25, 0.3) is 0 Å². The van der Waals surface area contributed by atoms with E-state index in [2.05, 4.69) is 0 Å². The van der Waals surface area contributed by atoms with Crippen LogP contribution < -0.4 is 4.90 Å². The second-order valence-electron chi connectivity index (χ2n) is 6.78.